The number of benzene rings is 3. The predicted molar refractivity (Wildman–Crippen MR) is 132 cm³/mol. The van der Waals surface area contributed by atoms with E-state index in [4.69, 9.17) is 4.74 Å². The van der Waals surface area contributed by atoms with Crippen molar-refractivity contribution in [1.82, 2.24) is 4.98 Å². The number of methoxy groups -OCH3 is 1. The lowest BCUT2D eigenvalue weighted by Gasteiger charge is -2.15. The van der Waals surface area contributed by atoms with Crippen molar-refractivity contribution in [1.29, 1.82) is 0 Å². The number of aromatic nitrogens is 1. The minimum absolute atomic E-state index is 0.141. The molecule has 5 rings (SSSR count). The van der Waals surface area contributed by atoms with Crippen LogP contribution in [0.25, 0.3) is 10.9 Å². The van der Waals surface area contributed by atoms with Crippen LogP contribution in [0.1, 0.15) is 16.8 Å². The standard InChI is InChI=1S/C26H21N3O4S/c1-33-20-8-3-17(4-9-20)25(31)28-18-5-10-21(11-6-18)34-23-15-24(30)29(26(23)32)19-7-2-16-12-13-27-22(16)14-19/h2-14,23,27H,15H2,1H3,(H,28,31). The maximum Gasteiger partial charge on any atom is 0.255 e. The Hall–Kier alpha value is -4.04. The van der Waals surface area contributed by atoms with Crippen molar-refractivity contribution in [3.05, 3.63) is 84.6 Å². The van der Waals surface area contributed by atoms with E-state index in [9.17, 15) is 14.4 Å². The molecule has 2 heterocycles. The molecule has 0 spiro atoms. The Morgan fingerprint density at radius 2 is 1.79 bits per heavy atom. The first-order chi connectivity index (χ1) is 16.5. The number of anilines is 2. The van der Waals surface area contributed by atoms with Gasteiger partial charge in [0.25, 0.3) is 5.91 Å². The summed E-state index contributed by atoms with van der Waals surface area (Å²) in [5.74, 6) is 0.0187. The van der Waals surface area contributed by atoms with E-state index in [0.717, 1.165) is 15.8 Å². The molecule has 7 nitrogen and oxygen atoms in total. The Bertz CT molecular complexity index is 1380. The Balaban J connectivity index is 1.24. The summed E-state index contributed by atoms with van der Waals surface area (Å²) in [4.78, 5) is 43.3. The van der Waals surface area contributed by atoms with Gasteiger partial charge in [0.05, 0.1) is 18.0 Å². The molecule has 1 saturated heterocycles. The van der Waals surface area contributed by atoms with Crippen LogP contribution in [0.3, 0.4) is 0 Å². The van der Waals surface area contributed by atoms with Crippen molar-refractivity contribution in [2.24, 2.45) is 0 Å². The molecule has 1 aliphatic rings. The maximum atomic E-state index is 13.0. The van der Waals surface area contributed by atoms with Gasteiger partial charge in [0, 0.05) is 34.3 Å². The summed E-state index contributed by atoms with van der Waals surface area (Å²) in [6.07, 6.45) is 1.96. The molecule has 1 aromatic heterocycles. The average molecular weight is 472 g/mol. The third kappa shape index (κ3) is 4.27. The first-order valence-corrected chi connectivity index (χ1v) is 11.6. The largest absolute Gasteiger partial charge is 0.497 e. The number of fused-ring (bicyclic) bond motifs is 1. The lowest BCUT2D eigenvalue weighted by molar-refractivity contribution is -0.121. The van der Waals surface area contributed by atoms with Gasteiger partial charge in [-0.05, 0) is 72.1 Å². The van der Waals surface area contributed by atoms with E-state index in [0.29, 0.717) is 22.7 Å². The number of hydrogen-bond acceptors (Lipinski definition) is 5. The second-order valence-corrected chi connectivity index (χ2v) is 9.11. The molecule has 4 aromatic rings. The summed E-state index contributed by atoms with van der Waals surface area (Å²) < 4.78 is 5.11. The summed E-state index contributed by atoms with van der Waals surface area (Å²) in [7, 11) is 1.57. The summed E-state index contributed by atoms with van der Waals surface area (Å²) in [5.41, 5.74) is 2.61. The Morgan fingerprint density at radius 3 is 2.53 bits per heavy atom. The van der Waals surface area contributed by atoms with Gasteiger partial charge in [0.15, 0.2) is 0 Å². The molecular weight excluding hydrogens is 450 g/mol. The molecule has 3 amide bonds. The molecule has 170 valence electrons. The summed E-state index contributed by atoms with van der Waals surface area (Å²) in [6, 6.07) is 21.5. The van der Waals surface area contributed by atoms with Gasteiger partial charge in [-0.15, -0.1) is 11.8 Å². The number of carbonyl (C=O) groups is 3. The highest BCUT2D eigenvalue weighted by Crippen LogP contribution is 2.35. The highest BCUT2D eigenvalue weighted by atomic mass is 32.2. The van der Waals surface area contributed by atoms with Gasteiger partial charge in [-0.3, -0.25) is 14.4 Å². The zero-order chi connectivity index (χ0) is 23.7. The van der Waals surface area contributed by atoms with Crippen LogP contribution in [0.2, 0.25) is 0 Å². The fourth-order valence-corrected chi connectivity index (χ4v) is 4.92. The lowest BCUT2D eigenvalue weighted by atomic mass is 10.2. The number of hydrogen-bond donors (Lipinski definition) is 2. The van der Waals surface area contributed by atoms with Crippen LogP contribution in [0.4, 0.5) is 11.4 Å². The SMILES string of the molecule is COc1ccc(C(=O)Nc2ccc(SC3CC(=O)N(c4ccc5cc[nH]c5c4)C3=O)cc2)cc1. The third-order valence-electron chi connectivity index (χ3n) is 5.64. The van der Waals surface area contributed by atoms with Gasteiger partial charge < -0.3 is 15.0 Å². The van der Waals surface area contributed by atoms with Crippen LogP contribution in [0.5, 0.6) is 5.75 Å². The van der Waals surface area contributed by atoms with Crippen LogP contribution < -0.4 is 15.0 Å². The molecular formula is C26H21N3O4S. The molecule has 1 fully saturated rings. The molecule has 0 saturated carbocycles. The Morgan fingerprint density at radius 1 is 1.03 bits per heavy atom. The maximum absolute atomic E-state index is 13.0. The van der Waals surface area contributed by atoms with E-state index in [2.05, 4.69) is 10.3 Å². The van der Waals surface area contributed by atoms with E-state index in [1.165, 1.54) is 16.7 Å². The van der Waals surface area contributed by atoms with Crippen LogP contribution in [-0.4, -0.2) is 35.1 Å². The predicted octanol–water partition coefficient (Wildman–Crippen LogP) is 4.85. The number of thioether (sulfide) groups is 1. The fraction of sp³-hybridized carbons (Fsp3) is 0.115. The number of carbonyl (C=O) groups excluding carboxylic acids is 3. The minimum atomic E-state index is -0.494. The van der Waals surface area contributed by atoms with E-state index in [1.54, 1.807) is 49.6 Å². The monoisotopic (exact) mass is 471 g/mol. The van der Waals surface area contributed by atoms with Gasteiger partial charge in [0.2, 0.25) is 11.8 Å². The van der Waals surface area contributed by atoms with Gasteiger partial charge in [-0.2, -0.15) is 0 Å². The first kappa shape index (κ1) is 21.8. The van der Waals surface area contributed by atoms with Crippen molar-refractivity contribution >= 4 is 51.8 Å². The van der Waals surface area contributed by atoms with Gasteiger partial charge in [-0.1, -0.05) is 6.07 Å². The third-order valence-corrected chi connectivity index (χ3v) is 6.84. The summed E-state index contributed by atoms with van der Waals surface area (Å²) in [5, 5.41) is 3.38. The first-order valence-electron chi connectivity index (χ1n) is 10.7. The molecule has 1 aliphatic heterocycles. The van der Waals surface area contributed by atoms with Gasteiger partial charge >= 0.3 is 0 Å². The normalized spacial score (nSPS) is 15.7. The summed E-state index contributed by atoms with van der Waals surface area (Å²) >= 11 is 1.35. The number of nitrogens with zero attached hydrogens (tertiary/aromatic N) is 1. The second-order valence-electron chi connectivity index (χ2n) is 7.83. The lowest BCUT2D eigenvalue weighted by Crippen LogP contribution is -2.31. The van der Waals surface area contributed by atoms with Crippen LogP contribution in [0.15, 0.2) is 83.9 Å². The van der Waals surface area contributed by atoms with Crippen molar-refractivity contribution < 1.29 is 19.1 Å². The number of ether oxygens (including phenoxy) is 1. The molecule has 3 aromatic carbocycles. The average Bonchev–Trinajstić information content (AvgIpc) is 3.43. The molecule has 0 radical (unpaired) electrons. The molecule has 34 heavy (non-hydrogen) atoms. The molecule has 2 N–H and O–H groups in total. The van der Waals surface area contributed by atoms with E-state index < -0.39 is 5.25 Å². The Kier molecular flexibility index (Phi) is 5.81. The van der Waals surface area contributed by atoms with Crippen molar-refractivity contribution in [2.45, 2.75) is 16.6 Å². The van der Waals surface area contributed by atoms with E-state index >= 15 is 0 Å². The fourth-order valence-electron chi connectivity index (χ4n) is 3.87. The minimum Gasteiger partial charge on any atom is -0.497 e. The van der Waals surface area contributed by atoms with Crippen LogP contribution >= 0.6 is 11.8 Å². The van der Waals surface area contributed by atoms with E-state index in [-0.39, 0.29) is 24.1 Å². The highest BCUT2D eigenvalue weighted by molar-refractivity contribution is 8.00. The highest BCUT2D eigenvalue weighted by Gasteiger charge is 2.40. The number of H-pyrrole nitrogens is 1. The molecule has 8 heteroatoms. The van der Waals surface area contributed by atoms with E-state index in [1.807, 2.05) is 36.5 Å². The zero-order valence-corrected chi connectivity index (χ0v) is 19.1. The molecule has 0 bridgehead atoms. The quantitative estimate of drug-likeness (QED) is 0.392. The second kappa shape index (κ2) is 9.07. The van der Waals surface area contributed by atoms with Crippen LogP contribution in [-0.2, 0) is 9.59 Å². The van der Waals surface area contributed by atoms with Crippen LogP contribution in [0, 0.1) is 0 Å². The zero-order valence-electron chi connectivity index (χ0n) is 18.3. The molecule has 1 unspecified atom stereocenters. The smallest absolute Gasteiger partial charge is 0.255 e. The number of rotatable bonds is 6. The van der Waals surface area contributed by atoms with Gasteiger partial charge in [-0.25, -0.2) is 4.90 Å². The number of imide groups is 1. The Labute approximate surface area is 200 Å². The van der Waals surface area contributed by atoms with Crippen molar-refractivity contribution in [3.8, 4) is 5.75 Å². The molecule has 1 atom stereocenters. The number of amides is 3. The number of aromatic amines is 1. The molecule has 0 aliphatic carbocycles. The summed E-state index contributed by atoms with van der Waals surface area (Å²) in [6.45, 7) is 0. The number of nitrogens with one attached hydrogen (secondary N) is 2. The van der Waals surface area contributed by atoms with Gasteiger partial charge in [0.1, 0.15) is 5.75 Å². The van der Waals surface area contributed by atoms with Crippen molar-refractivity contribution in [2.75, 3.05) is 17.3 Å². The topological polar surface area (TPSA) is 91.5 Å². The van der Waals surface area contributed by atoms with Crippen molar-refractivity contribution in [3.63, 3.8) is 0 Å².